The van der Waals surface area contributed by atoms with Crippen LogP contribution in [-0.2, 0) is 13.1 Å². The van der Waals surface area contributed by atoms with Crippen LogP contribution in [0, 0.1) is 20.8 Å². The number of pyridine rings is 2. The molecule has 0 fully saturated rings. The van der Waals surface area contributed by atoms with Crippen molar-refractivity contribution in [1.82, 2.24) is 19.9 Å². The predicted molar refractivity (Wildman–Crippen MR) is 99.4 cm³/mol. The first-order chi connectivity index (χ1) is 12.1. The smallest absolute Gasteiger partial charge is 0.134 e. The van der Waals surface area contributed by atoms with Crippen LogP contribution in [0.3, 0.4) is 0 Å². The summed E-state index contributed by atoms with van der Waals surface area (Å²) in [6.45, 7) is 7.43. The minimum absolute atomic E-state index is 0.674. The van der Waals surface area contributed by atoms with Crippen LogP contribution in [0.1, 0.15) is 27.8 Å². The highest BCUT2D eigenvalue weighted by Crippen LogP contribution is 2.19. The van der Waals surface area contributed by atoms with Crippen LogP contribution in [0.4, 0.5) is 11.6 Å². The predicted octanol–water partition coefficient (Wildman–Crippen LogP) is 3.42. The lowest BCUT2D eigenvalue weighted by Crippen LogP contribution is -2.09. The van der Waals surface area contributed by atoms with Crippen molar-refractivity contribution >= 4 is 11.6 Å². The van der Waals surface area contributed by atoms with E-state index in [9.17, 15) is 0 Å². The molecular formula is C19H22N6. The van der Waals surface area contributed by atoms with E-state index in [1.807, 2.05) is 45.6 Å². The molecule has 6 nitrogen and oxygen atoms in total. The van der Waals surface area contributed by atoms with Crippen molar-refractivity contribution in [3.63, 3.8) is 0 Å². The fraction of sp³-hybridized carbons (Fsp3) is 0.263. The molecule has 0 unspecified atom stereocenters. The molecule has 0 bridgehead atoms. The average Bonchev–Trinajstić information content (AvgIpc) is 2.60. The quantitative estimate of drug-likeness (QED) is 0.719. The first-order valence-corrected chi connectivity index (χ1v) is 8.22. The maximum Gasteiger partial charge on any atom is 0.134 e. The molecule has 6 heteroatoms. The molecule has 3 rings (SSSR count). The monoisotopic (exact) mass is 334 g/mol. The van der Waals surface area contributed by atoms with Crippen LogP contribution in [0.15, 0.2) is 43.2 Å². The molecule has 3 heterocycles. The zero-order valence-corrected chi connectivity index (χ0v) is 14.7. The third kappa shape index (κ3) is 4.50. The summed E-state index contributed by atoms with van der Waals surface area (Å²) in [5, 5.41) is 6.72. The average molecular weight is 334 g/mol. The van der Waals surface area contributed by atoms with E-state index in [1.165, 1.54) is 0 Å². The van der Waals surface area contributed by atoms with E-state index in [1.54, 1.807) is 6.33 Å². The van der Waals surface area contributed by atoms with Crippen LogP contribution in [0.5, 0.6) is 0 Å². The van der Waals surface area contributed by atoms with Gasteiger partial charge in [0.1, 0.15) is 18.0 Å². The highest BCUT2D eigenvalue weighted by Gasteiger charge is 2.07. The van der Waals surface area contributed by atoms with Crippen molar-refractivity contribution in [2.24, 2.45) is 0 Å². The summed E-state index contributed by atoms with van der Waals surface area (Å²) in [7, 11) is 0. The minimum atomic E-state index is 0.674. The van der Waals surface area contributed by atoms with E-state index >= 15 is 0 Å². The van der Waals surface area contributed by atoms with Crippen molar-refractivity contribution in [2.45, 2.75) is 33.9 Å². The molecule has 25 heavy (non-hydrogen) atoms. The molecule has 2 N–H and O–H groups in total. The molecule has 0 spiro atoms. The summed E-state index contributed by atoms with van der Waals surface area (Å²) >= 11 is 0. The molecule has 0 saturated carbocycles. The summed E-state index contributed by atoms with van der Waals surface area (Å²) in [6.07, 6.45) is 8.99. The minimum Gasteiger partial charge on any atom is -0.366 e. The first-order valence-electron chi connectivity index (χ1n) is 8.22. The lowest BCUT2D eigenvalue weighted by atomic mass is 10.2. The third-order valence-electron chi connectivity index (χ3n) is 3.87. The number of rotatable bonds is 6. The molecule has 0 aromatic carbocycles. The van der Waals surface area contributed by atoms with Crippen LogP contribution in [0.2, 0.25) is 0 Å². The van der Waals surface area contributed by atoms with Gasteiger partial charge in [0.05, 0.1) is 0 Å². The van der Waals surface area contributed by atoms with Crippen molar-refractivity contribution in [3.05, 3.63) is 71.1 Å². The molecule has 0 aliphatic rings. The summed E-state index contributed by atoms with van der Waals surface area (Å²) in [5.41, 5.74) is 5.53. The van der Waals surface area contributed by atoms with Crippen molar-refractivity contribution in [3.8, 4) is 0 Å². The maximum absolute atomic E-state index is 4.35. The molecule has 0 radical (unpaired) electrons. The lowest BCUT2D eigenvalue weighted by Gasteiger charge is -2.13. The maximum atomic E-state index is 4.35. The Morgan fingerprint density at radius 1 is 0.720 bits per heavy atom. The number of nitrogens with zero attached hydrogens (tertiary/aromatic N) is 4. The van der Waals surface area contributed by atoms with Crippen molar-refractivity contribution < 1.29 is 0 Å². The second kappa shape index (κ2) is 7.70. The molecule has 0 amide bonds. The highest BCUT2D eigenvalue weighted by molar-refractivity contribution is 5.56. The van der Waals surface area contributed by atoms with E-state index in [-0.39, 0.29) is 0 Å². The van der Waals surface area contributed by atoms with Gasteiger partial charge in [-0.2, -0.15) is 0 Å². The van der Waals surface area contributed by atoms with Gasteiger partial charge in [0.25, 0.3) is 0 Å². The number of hydrogen-bond donors (Lipinski definition) is 2. The van der Waals surface area contributed by atoms with Gasteiger partial charge in [-0.3, -0.25) is 9.97 Å². The van der Waals surface area contributed by atoms with Gasteiger partial charge in [0, 0.05) is 43.4 Å². The molecule has 3 aromatic rings. The Labute approximate surface area is 147 Å². The second-order valence-corrected chi connectivity index (χ2v) is 6.14. The van der Waals surface area contributed by atoms with E-state index in [2.05, 4.69) is 42.7 Å². The van der Waals surface area contributed by atoms with Crippen LogP contribution >= 0.6 is 0 Å². The number of nitrogens with one attached hydrogen (secondary N) is 2. The topological polar surface area (TPSA) is 75.6 Å². The first kappa shape index (κ1) is 16.8. The number of aryl methyl sites for hydroxylation is 2. The lowest BCUT2D eigenvalue weighted by molar-refractivity contribution is 1.02. The van der Waals surface area contributed by atoms with Gasteiger partial charge in [-0.1, -0.05) is 12.1 Å². The Balaban J connectivity index is 1.67. The standard InChI is InChI=1S/C19H22N6/c1-13-4-16(8-20-6-13)10-22-18-15(3)19(25-12-24-18)23-11-17-5-14(2)7-21-9-17/h4-9,12H,10-11H2,1-3H3,(H2,22,23,24,25). The van der Waals surface area contributed by atoms with Gasteiger partial charge in [-0.15, -0.1) is 0 Å². The number of anilines is 2. The van der Waals surface area contributed by atoms with Gasteiger partial charge in [0.2, 0.25) is 0 Å². The summed E-state index contributed by atoms with van der Waals surface area (Å²) in [5.74, 6) is 1.64. The summed E-state index contributed by atoms with van der Waals surface area (Å²) in [4.78, 5) is 17.1. The van der Waals surface area contributed by atoms with E-state index in [4.69, 9.17) is 0 Å². The number of aromatic nitrogens is 4. The fourth-order valence-corrected chi connectivity index (χ4v) is 2.61. The van der Waals surface area contributed by atoms with Crippen molar-refractivity contribution in [2.75, 3.05) is 10.6 Å². The largest absolute Gasteiger partial charge is 0.366 e. The summed E-state index contributed by atoms with van der Waals surface area (Å²) < 4.78 is 0. The Kier molecular flexibility index (Phi) is 5.18. The van der Waals surface area contributed by atoms with E-state index < -0.39 is 0 Å². The molecule has 3 aromatic heterocycles. The Morgan fingerprint density at radius 3 is 1.64 bits per heavy atom. The Morgan fingerprint density at radius 2 is 1.20 bits per heavy atom. The van der Waals surface area contributed by atoms with E-state index in [0.717, 1.165) is 39.5 Å². The van der Waals surface area contributed by atoms with Gasteiger partial charge in [-0.05, 0) is 43.0 Å². The van der Waals surface area contributed by atoms with Gasteiger partial charge in [0.15, 0.2) is 0 Å². The molecule has 0 atom stereocenters. The van der Waals surface area contributed by atoms with Crippen molar-refractivity contribution in [1.29, 1.82) is 0 Å². The fourth-order valence-electron chi connectivity index (χ4n) is 2.61. The molecule has 128 valence electrons. The van der Waals surface area contributed by atoms with Crippen LogP contribution in [-0.4, -0.2) is 19.9 Å². The SMILES string of the molecule is Cc1cncc(CNc2ncnc(NCc3cncc(C)c3)c2C)c1. The zero-order valence-electron chi connectivity index (χ0n) is 14.7. The zero-order chi connectivity index (χ0) is 17.6. The number of hydrogen-bond acceptors (Lipinski definition) is 6. The van der Waals surface area contributed by atoms with Gasteiger partial charge in [-0.25, -0.2) is 9.97 Å². The van der Waals surface area contributed by atoms with Gasteiger partial charge < -0.3 is 10.6 Å². The van der Waals surface area contributed by atoms with Crippen LogP contribution < -0.4 is 10.6 Å². The Bertz CT molecular complexity index is 794. The molecule has 0 saturated heterocycles. The van der Waals surface area contributed by atoms with E-state index in [0.29, 0.717) is 13.1 Å². The normalized spacial score (nSPS) is 10.5. The molecular weight excluding hydrogens is 312 g/mol. The van der Waals surface area contributed by atoms with Gasteiger partial charge >= 0.3 is 0 Å². The third-order valence-corrected chi connectivity index (χ3v) is 3.87. The molecule has 0 aliphatic carbocycles. The Hall–Kier alpha value is -3.02. The highest BCUT2D eigenvalue weighted by atomic mass is 15.1. The molecule has 0 aliphatic heterocycles. The van der Waals surface area contributed by atoms with Crippen LogP contribution in [0.25, 0.3) is 0 Å². The summed E-state index contributed by atoms with van der Waals surface area (Å²) in [6, 6.07) is 4.22. The second-order valence-electron chi connectivity index (χ2n) is 6.14.